The average molecular weight is 237 g/mol. The molecular formula is C10H11F4NO. The van der Waals surface area contributed by atoms with Crippen molar-refractivity contribution in [3.05, 3.63) is 35.1 Å². The van der Waals surface area contributed by atoms with E-state index in [4.69, 9.17) is 10.8 Å². The molecule has 1 aromatic rings. The molecule has 6 heteroatoms. The molecule has 0 heterocycles. The van der Waals surface area contributed by atoms with Crippen LogP contribution in [0.4, 0.5) is 17.6 Å². The lowest BCUT2D eigenvalue weighted by Gasteiger charge is -2.16. The van der Waals surface area contributed by atoms with Crippen molar-refractivity contribution in [2.24, 2.45) is 5.73 Å². The van der Waals surface area contributed by atoms with Crippen LogP contribution in [-0.4, -0.2) is 18.3 Å². The minimum atomic E-state index is -4.74. The first kappa shape index (κ1) is 12.9. The van der Waals surface area contributed by atoms with Gasteiger partial charge in [-0.1, -0.05) is 12.1 Å². The third-order valence-electron chi connectivity index (χ3n) is 2.28. The van der Waals surface area contributed by atoms with Crippen molar-refractivity contribution in [3.8, 4) is 0 Å². The number of hydrogen-bond acceptors (Lipinski definition) is 2. The van der Waals surface area contributed by atoms with E-state index in [0.717, 1.165) is 6.07 Å². The fourth-order valence-electron chi connectivity index (χ4n) is 1.38. The highest BCUT2D eigenvalue weighted by Gasteiger charge is 2.35. The Hall–Kier alpha value is -1.14. The molecule has 1 atom stereocenters. The van der Waals surface area contributed by atoms with Gasteiger partial charge in [-0.2, -0.15) is 13.2 Å². The Balaban J connectivity index is 3.23. The van der Waals surface area contributed by atoms with Gasteiger partial charge in [0.1, 0.15) is 5.82 Å². The van der Waals surface area contributed by atoms with Crippen LogP contribution >= 0.6 is 0 Å². The molecule has 0 spiro atoms. The minimum Gasteiger partial charge on any atom is -0.396 e. The molecule has 16 heavy (non-hydrogen) atoms. The molecule has 1 unspecified atom stereocenters. The van der Waals surface area contributed by atoms with Gasteiger partial charge in [0, 0.05) is 12.5 Å². The van der Waals surface area contributed by atoms with Crippen LogP contribution in [0, 0.1) is 5.82 Å². The summed E-state index contributed by atoms with van der Waals surface area (Å²) < 4.78 is 50.6. The van der Waals surface area contributed by atoms with Gasteiger partial charge in [-0.15, -0.1) is 0 Å². The van der Waals surface area contributed by atoms with Crippen molar-refractivity contribution in [2.45, 2.75) is 12.1 Å². The Morgan fingerprint density at radius 2 is 1.94 bits per heavy atom. The largest absolute Gasteiger partial charge is 0.419 e. The molecule has 0 aromatic heterocycles. The quantitative estimate of drug-likeness (QED) is 0.788. The molecule has 0 fully saturated rings. The van der Waals surface area contributed by atoms with Crippen molar-refractivity contribution in [2.75, 3.05) is 13.2 Å². The fraction of sp³-hybridized carbons (Fsp3) is 0.400. The number of halogens is 4. The average Bonchev–Trinajstić information content (AvgIpc) is 2.20. The summed E-state index contributed by atoms with van der Waals surface area (Å²) in [5.74, 6) is -2.18. The van der Waals surface area contributed by atoms with Gasteiger partial charge < -0.3 is 10.8 Å². The number of nitrogens with two attached hydrogens (primary N) is 1. The Labute approximate surface area is 89.7 Å². The summed E-state index contributed by atoms with van der Waals surface area (Å²) in [6, 6.07) is 2.95. The van der Waals surface area contributed by atoms with Crippen molar-refractivity contribution < 1.29 is 22.7 Å². The summed E-state index contributed by atoms with van der Waals surface area (Å²) >= 11 is 0. The van der Waals surface area contributed by atoms with Crippen LogP contribution in [-0.2, 0) is 6.18 Å². The van der Waals surface area contributed by atoms with Gasteiger partial charge in [0.15, 0.2) is 0 Å². The van der Waals surface area contributed by atoms with Crippen LogP contribution in [0.2, 0.25) is 0 Å². The van der Waals surface area contributed by atoms with Crippen molar-refractivity contribution in [1.29, 1.82) is 0 Å². The number of aliphatic hydroxyl groups excluding tert-OH is 1. The number of alkyl halides is 3. The molecule has 2 nitrogen and oxygen atoms in total. The van der Waals surface area contributed by atoms with Gasteiger partial charge in [0.2, 0.25) is 0 Å². The maximum Gasteiger partial charge on any atom is 0.419 e. The maximum atomic E-state index is 13.5. The first-order chi connectivity index (χ1) is 7.41. The highest BCUT2D eigenvalue weighted by Crippen LogP contribution is 2.33. The minimum absolute atomic E-state index is 0.116. The number of benzene rings is 1. The second-order valence-corrected chi connectivity index (χ2v) is 3.32. The predicted octanol–water partition coefficient (Wildman–Crippen LogP) is 1.88. The van der Waals surface area contributed by atoms with E-state index in [1.54, 1.807) is 0 Å². The Morgan fingerprint density at radius 1 is 1.31 bits per heavy atom. The van der Waals surface area contributed by atoms with Crippen molar-refractivity contribution >= 4 is 0 Å². The van der Waals surface area contributed by atoms with E-state index in [9.17, 15) is 17.6 Å². The molecule has 90 valence electrons. The number of hydrogen-bond donors (Lipinski definition) is 2. The van der Waals surface area contributed by atoms with Crippen molar-refractivity contribution in [3.63, 3.8) is 0 Å². The zero-order valence-corrected chi connectivity index (χ0v) is 8.26. The zero-order valence-electron chi connectivity index (χ0n) is 8.26. The lowest BCUT2D eigenvalue weighted by molar-refractivity contribution is -0.140. The highest BCUT2D eigenvalue weighted by atomic mass is 19.4. The molecule has 0 radical (unpaired) electrons. The summed E-state index contributed by atoms with van der Waals surface area (Å²) in [5, 5.41) is 8.87. The second kappa shape index (κ2) is 4.80. The summed E-state index contributed by atoms with van der Waals surface area (Å²) in [4.78, 5) is 0. The predicted molar refractivity (Wildman–Crippen MR) is 50.3 cm³/mol. The van der Waals surface area contributed by atoms with Crippen LogP contribution in [0.1, 0.15) is 17.0 Å². The molecule has 0 saturated heterocycles. The molecular weight excluding hydrogens is 226 g/mol. The molecule has 3 N–H and O–H groups in total. The summed E-state index contributed by atoms with van der Waals surface area (Å²) in [6.45, 7) is -0.608. The van der Waals surface area contributed by atoms with Crippen LogP contribution < -0.4 is 5.73 Å². The van der Waals surface area contributed by atoms with E-state index >= 15 is 0 Å². The Kier molecular flexibility index (Phi) is 3.88. The highest BCUT2D eigenvalue weighted by molar-refractivity contribution is 5.31. The number of rotatable bonds is 3. The van der Waals surface area contributed by atoms with Gasteiger partial charge in [0.25, 0.3) is 0 Å². The molecule has 0 aliphatic heterocycles. The van der Waals surface area contributed by atoms with E-state index in [0.29, 0.717) is 6.07 Å². The van der Waals surface area contributed by atoms with Gasteiger partial charge >= 0.3 is 6.18 Å². The second-order valence-electron chi connectivity index (χ2n) is 3.32. The van der Waals surface area contributed by atoms with E-state index in [-0.39, 0.29) is 12.1 Å². The van der Waals surface area contributed by atoms with Crippen LogP contribution in [0.5, 0.6) is 0 Å². The fourth-order valence-corrected chi connectivity index (χ4v) is 1.38. The Morgan fingerprint density at radius 3 is 2.38 bits per heavy atom. The van der Waals surface area contributed by atoms with Gasteiger partial charge in [-0.3, -0.25) is 0 Å². The maximum absolute atomic E-state index is 13.5. The lowest BCUT2D eigenvalue weighted by atomic mass is 9.97. The molecule has 1 rings (SSSR count). The summed E-state index contributed by atoms with van der Waals surface area (Å²) in [6.07, 6.45) is -4.74. The first-order valence-electron chi connectivity index (χ1n) is 4.58. The molecule has 0 bridgehead atoms. The third-order valence-corrected chi connectivity index (χ3v) is 2.28. The molecule has 1 aromatic carbocycles. The smallest absolute Gasteiger partial charge is 0.396 e. The normalized spacial score (nSPS) is 13.9. The summed E-state index contributed by atoms with van der Waals surface area (Å²) in [7, 11) is 0. The standard InChI is InChI=1S/C10H11F4NO/c11-9-7(6(4-15)5-16)2-1-3-8(9)10(12,13)14/h1-3,6,16H,4-5,15H2. The summed E-state index contributed by atoms with van der Waals surface area (Å²) in [5.41, 5.74) is 3.69. The van der Waals surface area contributed by atoms with E-state index in [2.05, 4.69) is 0 Å². The van der Waals surface area contributed by atoms with E-state index < -0.39 is 30.1 Å². The van der Waals surface area contributed by atoms with E-state index in [1.807, 2.05) is 0 Å². The first-order valence-corrected chi connectivity index (χ1v) is 4.58. The molecule has 0 aliphatic carbocycles. The zero-order chi connectivity index (χ0) is 12.3. The molecule has 0 aliphatic rings. The monoisotopic (exact) mass is 237 g/mol. The van der Waals surface area contributed by atoms with Crippen LogP contribution in [0.3, 0.4) is 0 Å². The third kappa shape index (κ3) is 2.51. The topological polar surface area (TPSA) is 46.2 Å². The van der Waals surface area contributed by atoms with Crippen LogP contribution in [0.15, 0.2) is 18.2 Å². The van der Waals surface area contributed by atoms with E-state index in [1.165, 1.54) is 6.07 Å². The Bertz CT molecular complexity index is 360. The molecule has 0 amide bonds. The van der Waals surface area contributed by atoms with Crippen LogP contribution in [0.25, 0.3) is 0 Å². The van der Waals surface area contributed by atoms with Gasteiger partial charge in [-0.25, -0.2) is 4.39 Å². The van der Waals surface area contributed by atoms with Gasteiger partial charge in [-0.05, 0) is 11.6 Å². The van der Waals surface area contributed by atoms with Crippen molar-refractivity contribution in [1.82, 2.24) is 0 Å². The number of aliphatic hydroxyl groups is 1. The SMILES string of the molecule is NCC(CO)c1cccc(C(F)(F)F)c1F. The van der Waals surface area contributed by atoms with Gasteiger partial charge in [0.05, 0.1) is 12.2 Å². The molecule has 0 saturated carbocycles. The lowest BCUT2D eigenvalue weighted by Crippen LogP contribution is -2.19.